The van der Waals surface area contributed by atoms with E-state index in [1.807, 2.05) is 0 Å². The Morgan fingerprint density at radius 1 is 0.450 bits per heavy atom. The summed E-state index contributed by atoms with van der Waals surface area (Å²) in [5, 5.41) is 6.86. The summed E-state index contributed by atoms with van der Waals surface area (Å²) in [4.78, 5) is 2.70. The van der Waals surface area contributed by atoms with Crippen molar-refractivity contribution in [1.29, 1.82) is 0 Å². The molecule has 0 aliphatic carbocycles. The fourth-order valence-electron chi connectivity index (χ4n) is 6.40. The molecule has 6 aromatic rings. The molecule has 1 saturated heterocycles. The molecular weight excluding hydrogens is 501 g/mol. The summed E-state index contributed by atoms with van der Waals surface area (Å²) in [6, 6.07) is 58.1. The van der Waals surface area contributed by atoms with Gasteiger partial charge in [-0.15, -0.1) is 0 Å². The molecule has 2 unspecified atom stereocenters. The lowest BCUT2D eigenvalue weighted by Crippen LogP contribution is -2.29. The van der Waals surface area contributed by atoms with Crippen molar-refractivity contribution in [2.24, 2.45) is 0 Å². The molecule has 0 radical (unpaired) electrons. The summed E-state index contributed by atoms with van der Waals surface area (Å²) in [6.45, 7) is 1.99. The van der Waals surface area contributed by atoms with Crippen molar-refractivity contribution in [1.82, 2.24) is 0 Å². The monoisotopic (exact) mass is 533 g/mol. The lowest BCUT2D eigenvalue weighted by molar-refractivity contribution is 0.666. The first-order valence-corrected chi connectivity index (χ1v) is 15.5. The maximum absolute atomic E-state index is 2.70. The molecule has 40 heavy (non-hydrogen) atoms. The van der Waals surface area contributed by atoms with Crippen molar-refractivity contribution >= 4 is 40.3 Å². The van der Waals surface area contributed by atoms with Crippen molar-refractivity contribution in [3.05, 3.63) is 169 Å². The van der Waals surface area contributed by atoms with E-state index in [-0.39, 0.29) is 0 Å². The number of anilines is 1. The predicted molar refractivity (Wildman–Crippen MR) is 173 cm³/mol. The molecule has 6 aromatic carbocycles. The number of benzene rings is 6. The number of hydrogen-bond acceptors (Lipinski definition) is 1. The van der Waals surface area contributed by atoms with Crippen molar-refractivity contribution in [3.63, 3.8) is 0 Å². The summed E-state index contributed by atoms with van der Waals surface area (Å²) >= 11 is 0. The van der Waals surface area contributed by atoms with Crippen LogP contribution >= 0.6 is 7.92 Å². The third-order valence-corrected chi connectivity index (χ3v) is 10.7. The molecule has 7 rings (SSSR count). The molecule has 1 aliphatic rings. The van der Waals surface area contributed by atoms with E-state index in [9.17, 15) is 0 Å². The van der Waals surface area contributed by atoms with Crippen molar-refractivity contribution in [2.45, 2.75) is 11.8 Å². The van der Waals surface area contributed by atoms with Crippen LogP contribution in [0.25, 0.3) is 10.8 Å². The quantitative estimate of drug-likeness (QED) is 0.196. The number of hydrogen-bond donors (Lipinski definition) is 0. The second kappa shape index (κ2) is 11.1. The van der Waals surface area contributed by atoms with Crippen LogP contribution in [0.5, 0.6) is 0 Å². The van der Waals surface area contributed by atoms with Crippen molar-refractivity contribution < 1.29 is 0 Å². The summed E-state index contributed by atoms with van der Waals surface area (Å²) in [7, 11) is -0.735. The second-order valence-corrected chi connectivity index (χ2v) is 12.8. The maximum atomic E-state index is 2.70. The SMILES string of the molecule is c1ccc(C2CN(c3c(P(c4ccccc4)c4ccccc4)ccc4ccccc34)CC2c2ccccc2)cc1. The Labute approximate surface area is 238 Å². The zero-order chi connectivity index (χ0) is 26.7. The Morgan fingerprint density at radius 3 is 1.43 bits per heavy atom. The first kappa shape index (κ1) is 24.8. The summed E-state index contributed by atoms with van der Waals surface area (Å²) in [5.74, 6) is 0.852. The minimum Gasteiger partial charge on any atom is -0.369 e. The van der Waals surface area contributed by atoms with Gasteiger partial charge in [0.15, 0.2) is 0 Å². The third-order valence-electron chi connectivity index (χ3n) is 8.24. The average molecular weight is 534 g/mol. The van der Waals surface area contributed by atoms with Gasteiger partial charge in [0.2, 0.25) is 0 Å². The molecule has 1 heterocycles. The van der Waals surface area contributed by atoms with Crippen LogP contribution in [0.15, 0.2) is 158 Å². The van der Waals surface area contributed by atoms with Gasteiger partial charge in [0.05, 0.1) is 5.69 Å². The standard InChI is InChI=1S/C38H32NP/c1-5-15-29(16-6-1)35-27-39(28-36(35)30-17-7-2-8-18-30)38-34-24-14-13-19-31(34)25-26-37(38)40(32-20-9-3-10-21-32)33-22-11-4-12-23-33/h1-26,35-36H,27-28H2. The minimum atomic E-state index is -0.735. The van der Waals surface area contributed by atoms with Gasteiger partial charge in [0, 0.05) is 35.6 Å². The average Bonchev–Trinajstić information content (AvgIpc) is 3.48. The smallest absolute Gasteiger partial charge is 0.0531 e. The summed E-state index contributed by atoms with van der Waals surface area (Å²) in [6.07, 6.45) is 0. The Morgan fingerprint density at radius 2 is 0.900 bits per heavy atom. The molecule has 2 heteroatoms. The first-order chi connectivity index (χ1) is 19.9. The molecular formula is C38H32NP. The molecule has 0 spiro atoms. The van der Waals surface area contributed by atoms with Crippen LogP contribution in [0.4, 0.5) is 5.69 Å². The van der Waals surface area contributed by atoms with Crippen LogP contribution in [0.1, 0.15) is 23.0 Å². The Kier molecular flexibility index (Phi) is 6.90. The van der Waals surface area contributed by atoms with Crippen LogP contribution in [0, 0.1) is 0 Å². The fourth-order valence-corrected chi connectivity index (χ4v) is 8.89. The maximum Gasteiger partial charge on any atom is 0.0531 e. The van der Waals surface area contributed by atoms with E-state index in [4.69, 9.17) is 0 Å². The van der Waals surface area contributed by atoms with Gasteiger partial charge in [-0.05, 0) is 35.0 Å². The topological polar surface area (TPSA) is 3.24 Å². The molecule has 0 amide bonds. The van der Waals surface area contributed by atoms with Gasteiger partial charge >= 0.3 is 0 Å². The van der Waals surface area contributed by atoms with Crippen molar-refractivity contribution in [2.75, 3.05) is 18.0 Å². The first-order valence-electron chi connectivity index (χ1n) is 14.1. The van der Waals surface area contributed by atoms with E-state index >= 15 is 0 Å². The van der Waals surface area contributed by atoms with E-state index in [1.165, 1.54) is 43.5 Å². The lowest BCUT2D eigenvalue weighted by Gasteiger charge is -2.29. The van der Waals surface area contributed by atoms with Gasteiger partial charge in [-0.3, -0.25) is 0 Å². The lowest BCUT2D eigenvalue weighted by atomic mass is 9.84. The van der Waals surface area contributed by atoms with Gasteiger partial charge in [-0.25, -0.2) is 0 Å². The molecule has 0 aromatic heterocycles. The highest BCUT2D eigenvalue weighted by molar-refractivity contribution is 7.80. The molecule has 0 bridgehead atoms. The van der Waals surface area contributed by atoms with Gasteiger partial charge in [-0.2, -0.15) is 0 Å². The zero-order valence-corrected chi connectivity index (χ0v) is 23.4. The second-order valence-electron chi connectivity index (χ2n) is 10.6. The van der Waals surface area contributed by atoms with Gasteiger partial charge in [-0.1, -0.05) is 158 Å². The molecule has 0 N–H and O–H groups in total. The van der Waals surface area contributed by atoms with Gasteiger partial charge < -0.3 is 4.90 Å². The Hall–Kier alpha value is -4.19. The predicted octanol–water partition coefficient (Wildman–Crippen LogP) is 7.99. The van der Waals surface area contributed by atoms with E-state index < -0.39 is 7.92 Å². The molecule has 2 atom stereocenters. The normalized spacial score (nSPS) is 17.0. The number of nitrogens with zero attached hydrogens (tertiary/aromatic N) is 1. The number of rotatable bonds is 6. The summed E-state index contributed by atoms with van der Waals surface area (Å²) < 4.78 is 0. The molecule has 1 aliphatic heterocycles. The van der Waals surface area contributed by atoms with Gasteiger partial charge in [0.1, 0.15) is 0 Å². The molecule has 1 fully saturated rings. The molecule has 0 saturated carbocycles. The fraction of sp³-hybridized carbons (Fsp3) is 0.105. The largest absolute Gasteiger partial charge is 0.369 e. The minimum absolute atomic E-state index is 0.426. The van der Waals surface area contributed by atoms with E-state index in [0.29, 0.717) is 11.8 Å². The zero-order valence-electron chi connectivity index (χ0n) is 22.5. The van der Waals surface area contributed by atoms with Gasteiger partial charge in [0.25, 0.3) is 0 Å². The van der Waals surface area contributed by atoms with Crippen LogP contribution in [0.3, 0.4) is 0 Å². The highest BCUT2D eigenvalue weighted by atomic mass is 31.1. The van der Waals surface area contributed by atoms with E-state index in [2.05, 4.69) is 163 Å². The van der Waals surface area contributed by atoms with Crippen LogP contribution in [0.2, 0.25) is 0 Å². The van der Waals surface area contributed by atoms with Crippen LogP contribution < -0.4 is 20.8 Å². The molecule has 1 nitrogen and oxygen atoms in total. The van der Waals surface area contributed by atoms with Crippen LogP contribution in [-0.2, 0) is 0 Å². The Balaban J connectivity index is 1.43. The highest BCUT2D eigenvalue weighted by Gasteiger charge is 2.37. The summed E-state index contributed by atoms with van der Waals surface area (Å²) in [5.41, 5.74) is 4.25. The van der Waals surface area contributed by atoms with Crippen molar-refractivity contribution in [3.8, 4) is 0 Å². The number of fused-ring (bicyclic) bond motifs is 1. The third kappa shape index (κ3) is 4.72. The van der Waals surface area contributed by atoms with E-state index in [0.717, 1.165) is 13.1 Å². The Bertz CT molecular complexity index is 1610. The highest BCUT2D eigenvalue weighted by Crippen LogP contribution is 2.46. The molecule has 194 valence electrons. The van der Waals surface area contributed by atoms with E-state index in [1.54, 1.807) is 0 Å². The van der Waals surface area contributed by atoms with Crippen LogP contribution in [-0.4, -0.2) is 13.1 Å².